The summed E-state index contributed by atoms with van der Waals surface area (Å²) in [5.74, 6) is 1.67. The number of rotatable bonds is 8. The molecule has 3 heteroatoms. The van der Waals surface area contributed by atoms with Crippen LogP contribution < -0.4 is 0 Å². The van der Waals surface area contributed by atoms with Crippen molar-refractivity contribution in [2.75, 3.05) is 13.1 Å². The second-order valence-electron chi connectivity index (χ2n) is 4.81. The number of carbonyl (C=O) groups excluding carboxylic acids is 1. The Kier molecular flexibility index (Phi) is 7.01. The number of aryl methyl sites for hydroxylation is 1. The van der Waals surface area contributed by atoms with Crippen LogP contribution in [0.1, 0.15) is 51.1 Å². The van der Waals surface area contributed by atoms with Gasteiger partial charge in [-0.1, -0.05) is 26.7 Å². The Balaban J connectivity index is 2.56. The van der Waals surface area contributed by atoms with Crippen LogP contribution in [0.3, 0.4) is 0 Å². The van der Waals surface area contributed by atoms with Gasteiger partial charge in [0.05, 0.1) is 0 Å². The highest BCUT2D eigenvalue weighted by Gasteiger charge is 2.09. The number of carbonyl (C=O) groups is 1. The van der Waals surface area contributed by atoms with E-state index < -0.39 is 0 Å². The van der Waals surface area contributed by atoms with Crippen molar-refractivity contribution in [2.45, 2.75) is 46.5 Å². The SMILES string of the molecule is CCCCN(CCCC)C(=O)C=Cc1ccc(C)o1. The monoisotopic (exact) mass is 263 g/mol. The minimum atomic E-state index is 0.0796. The molecular formula is C16H25NO2. The fraction of sp³-hybridized carbons (Fsp3) is 0.562. The number of hydrogen-bond acceptors (Lipinski definition) is 2. The van der Waals surface area contributed by atoms with Crippen LogP contribution in [0.5, 0.6) is 0 Å². The Hall–Kier alpha value is -1.51. The fourth-order valence-electron chi connectivity index (χ4n) is 1.83. The van der Waals surface area contributed by atoms with Gasteiger partial charge in [0, 0.05) is 19.2 Å². The summed E-state index contributed by atoms with van der Waals surface area (Å²) in [6.45, 7) is 7.87. The molecule has 0 aliphatic carbocycles. The van der Waals surface area contributed by atoms with Gasteiger partial charge in [-0.3, -0.25) is 4.79 Å². The fourth-order valence-corrected chi connectivity index (χ4v) is 1.83. The summed E-state index contributed by atoms with van der Waals surface area (Å²) in [5, 5.41) is 0. The summed E-state index contributed by atoms with van der Waals surface area (Å²) in [5.41, 5.74) is 0. The molecule has 106 valence electrons. The lowest BCUT2D eigenvalue weighted by molar-refractivity contribution is -0.126. The average Bonchev–Trinajstić information content (AvgIpc) is 2.82. The molecule has 0 atom stereocenters. The lowest BCUT2D eigenvalue weighted by Gasteiger charge is -2.20. The van der Waals surface area contributed by atoms with E-state index in [2.05, 4.69) is 13.8 Å². The third-order valence-corrected chi connectivity index (χ3v) is 3.03. The maximum absolute atomic E-state index is 12.1. The molecule has 0 unspecified atom stereocenters. The van der Waals surface area contributed by atoms with Crippen LogP contribution in [-0.2, 0) is 4.79 Å². The van der Waals surface area contributed by atoms with Crippen molar-refractivity contribution in [3.05, 3.63) is 29.7 Å². The zero-order chi connectivity index (χ0) is 14.1. The second kappa shape index (κ2) is 8.57. The highest BCUT2D eigenvalue weighted by Crippen LogP contribution is 2.09. The van der Waals surface area contributed by atoms with Gasteiger partial charge in [-0.25, -0.2) is 0 Å². The molecule has 1 aromatic rings. The van der Waals surface area contributed by atoms with E-state index in [1.165, 1.54) is 0 Å². The molecule has 0 aliphatic heterocycles. The first-order valence-electron chi connectivity index (χ1n) is 7.20. The van der Waals surface area contributed by atoms with Crippen molar-refractivity contribution in [1.29, 1.82) is 0 Å². The Labute approximate surface area is 116 Å². The van der Waals surface area contributed by atoms with E-state index >= 15 is 0 Å². The predicted octanol–water partition coefficient (Wildman–Crippen LogP) is 4.03. The third-order valence-electron chi connectivity index (χ3n) is 3.03. The van der Waals surface area contributed by atoms with Gasteiger partial charge in [0.1, 0.15) is 11.5 Å². The van der Waals surface area contributed by atoms with E-state index in [1.807, 2.05) is 24.0 Å². The van der Waals surface area contributed by atoms with E-state index in [1.54, 1.807) is 12.2 Å². The molecule has 1 aromatic heterocycles. The minimum absolute atomic E-state index is 0.0796. The molecule has 0 saturated carbocycles. The van der Waals surface area contributed by atoms with Crippen LogP contribution in [0.25, 0.3) is 6.08 Å². The average molecular weight is 263 g/mol. The molecular weight excluding hydrogens is 238 g/mol. The molecule has 0 aromatic carbocycles. The van der Waals surface area contributed by atoms with Crippen LogP contribution in [0.4, 0.5) is 0 Å². The van der Waals surface area contributed by atoms with E-state index in [9.17, 15) is 4.79 Å². The standard InChI is InChI=1S/C16H25NO2/c1-4-6-12-17(13-7-5-2)16(18)11-10-15-9-8-14(3)19-15/h8-11H,4-7,12-13H2,1-3H3. The number of amides is 1. The molecule has 0 aliphatic rings. The zero-order valence-electron chi connectivity index (χ0n) is 12.3. The Morgan fingerprint density at radius 1 is 1.21 bits per heavy atom. The summed E-state index contributed by atoms with van der Waals surface area (Å²) in [7, 11) is 0. The highest BCUT2D eigenvalue weighted by molar-refractivity contribution is 5.91. The lowest BCUT2D eigenvalue weighted by atomic mass is 10.2. The van der Waals surface area contributed by atoms with E-state index in [0.717, 1.165) is 50.3 Å². The van der Waals surface area contributed by atoms with Crippen LogP contribution in [0.15, 0.2) is 22.6 Å². The molecule has 1 amide bonds. The van der Waals surface area contributed by atoms with Crippen LogP contribution in [0.2, 0.25) is 0 Å². The maximum Gasteiger partial charge on any atom is 0.246 e. The number of hydrogen-bond donors (Lipinski definition) is 0. The first-order valence-corrected chi connectivity index (χ1v) is 7.20. The molecule has 3 nitrogen and oxygen atoms in total. The van der Waals surface area contributed by atoms with Crippen molar-refractivity contribution in [2.24, 2.45) is 0 Å². The molecule has 0 saturated heterocycles. The summed E-state index contributed by atoms with van der Waals surface area (Å²) < 4.78 is 5.42. The predicted molar refractivity (Wildman–Crippen MR) is 78.9 cm³/mol. The summed E-state index contributed by atoms with van der Waals surface area (Å²) in [6.07, 6.45) is 7.70. The Morgan fingerprint density at radius 2 is 1.84 bits per heavy atom. The van der Waals surface area contributed by atoms with Crippen molar-refractivity contribution in [3.63, 3.8) is 0 Å². The molecule has 0 bridgehead atoms. The number of unbranched alkanes of at least 4 members (excludes halogenated alkanes) is 2. The third kappa shape index (κ3) is 5.77. The topological polar surface area (TPSA) is 33.5 Å². The molecule has 1 heterocycles. The zero-order valence-corrected chi connectivity index (χ0v) is 12.3. The van der Waals surface area contributed by atoms with Crippen molar-refractivity contribution in [3.8, 4) is 0 Å². The van der Waals surface area contributed by atoms with E-state index in [4.69, 9.17) is 4.42 Å². The van der Waals surface area contributed by atoms with E-state index in [-0.39, 0.29) is 5.91 Å². The van der Waals surface area contributed by atoms with Crippen LogP contribution in [0, 0.1) is 6.92 Å². The van der Waals surface area contributed by atoms with Gasteiger partial charge < -0.3 is 9.32 Å². The summed E-state index contributed by atoms with van der Waals surface area (Å²) in [4.78, 5) is 14.1. The quantitative estimate of drug-likeness (QED) is 0.663. The van der Waals surface area contributed by atoms with Crippen molar-refractivity contribution >= 4 is 12.0 Å². The van der Waals surface area contributed by atoms with Gasteiger partial charge in [0.2, 0.25) is 5.91 Å². The minimum Gasteiger partial charge on any atom is -0.462 e. The van der Waals surface area contributed by atoms with Gasteiger partial charge in [-0.15, -0.1) is 0 Å². The molecule has 0 N–H and O–H groups in total. The number of nitrogens with zero attached hydrogens (tertiary/aromatic N) is 1. The van der Waals surface area contributed by atoms with Gasteiger partial charge in [0.25, 0.3) is 0 Å². The van der Waals surface area contributed by atoms with Gasteiger partial charge in [0.15, 0.2) is 0 Å². The van der Waals surface area contributed by atoms with E-state index in [0.29, 0.717) is 0 Å². The Bertz CT molecular complexity index is 399. The Morgan fingerprint density at radius 3 is 2.32 bits per heavy atom. The van der Waals surface area contributed by atoms with Crippen LogP contribution in [-0.4, -0.2) is 23.9 Å². The van der Waals surface area contributed by atoms with Crippen LogP contribution >= 0.6 is 0 Å². The maximum atomic E-state index is 12.1. The largest absolute Gasteiger partial charge is 0.462 e. The number of furan rings is 1. The lowest BCUT2D eigenvalue weighted by Crippen LogP contribution is -2.31. The molecule has 1 rings (SSSR count). The molecule has 19 heavy (non-hydrogen) atoms. The summed E-state index contributed by atoms with van der Waals surface area (Å²) >= 11 is 0. The first-order chi connectivity index (χ1) is 9.17. The highest BCUT2D eigenvalue weighted by atomic mass is 16.3. The van der Waals surface area contributed by atoms with Gasteiger partial charge in [-0.2, -0.15) is 0 Å². The molecule has 0 spiro atoms. The summed E-state index contributed by atoms with van der Waals surface area (Å²) in [6, 6.07) is 3.78. The smallest absolute Gasteiger partial charge is 0.246 e. The van der Waals surface area contributed by atoms with Gasteiger partial charge >= 0.3 is 0 Å². The van der Waals surface area contributed by atoms with Gasteiger partial charge in [-0.05, 0) is 38.0 Å². The molecule has 0 radical (unpaired) electrons. The first kappa shape index (κ1) is 15.5. The molecule has 0 fully saturated rings. The van der Waals surface area contributed by atoms with Crippen molar-refractivity contribution in [1.82, 2.24) is 4.90 Å². The normalized spacial score (nSPS) is 11.1. The second-order valence-corrected chi connectivity index (χ2v) is 4.81. The van der Waals surface area contributed by atoms with Crippen molar-refractivity contribution < 1.29 is 9.21 Å².